The normalized spacial score (nSPS) is 15.7. The van der Waals surface area contributed by atoms with Gasteiger partial charge in [-0.3, -0.25) is 14.2 Å². The molecule has 0 unspecified atom stereocenters. The third-order valence-electron chi connectivity index (χ3n) is 7.17. The molecule has 36 heavy (non-hydrogen) atoms. The van der Waals surface area contributed by atoms with Crippen molar-refractivity contribution in [2.24, 2.45) is 0 Å². The lowest BCUT2D eigenvalue weighted by Crippen LogP contribution is -2.46. The summed E-state index contributed by atoms with van der Waals surface area (Å²) in [6.07, 6.45) is 3.21. The molecule has 1 N–H and O–H groups in total. The number of carbonyl (C=O) groups is 2. The number of aromatic nitrogens is 1. The van der Waals surface area contributed by atoms with Gasteiger partial charge in [0.15, 0.2) is 0 Å². The van der Waals surface area contributed by atoms with Crippen LogP contribution in [0.4, 0.5) is 15.8 Å². The maximum atomic E-state index is 14.4. The van der Waals surface area contributed by atoms with Crippen molar-refractivity contribution in [3.05, 3.63) is 94.9 Å². The van der Waals surface area contributed by atoms with Crippen molar-refractivity contribution >= 4 is 45.7 Å². The molecule has 0 bridgehead atoms. The van der Waals surface area contributed by atoms with E-state index in [4.69, 9.17) is 11.6 Å². The fraction of sp³-hybridized carbons (Fsp3) is 0.214. The number of para-hydroxylation sites is 2. The molecule has 2 aliphatic rings. The zero-order chi connectivity index (χ0) is 24.8. The van der Waals surface area contributed by atoms with Crippen LogP contribution in [0.25, 0.3) is 10.9 Å². The summed E-state index contributed by atoms with van der Waals surface area (Å²) in [5.41, 5.74) is 3.18. The quantitative estimate of drug-likeness (QED) is 0.395. The number of piperidine rings is 1. The molecule has 6 nitrogen and oxygen atoms in total. The number of anilines is 2. The molecule has 1 aromatic heterocycles. The number of hydrogen-bond donors (Lipinski definition) is 1. The Kier molecular flexibility index (Phi) is 5.64. The maximum Gasteiger partial charge on any atom is 0.265 e. The first kappa shape index (κ1) is 22.6. The summed E-state index contributed by atoms with van der Waals surface area (Å²) in [6.45, 7) is 2.00. The third-order valence-corrected chi connectivity index (χ3v) is 7.40. The lowest BCUT2D eigenvalue weighted by Gasteiger charge is -2.37. The highest BCUT2D eigenvalue weighted by Gasteiger charge is 2.32. The zero-order valence-corrected chi connectivity index (χ0v) is 20.2. The van der Waals surface area contributed by atoms with Crippen molar-refractivity contribution < 1.29 is 14.0 Å². The second kappa shape index (κ2) is 8.99. The molecule has 1 fully saturated rings. The van der Waals surface area contributed by atoms with Crippen LogP contribution in [0, 0.1) is 5.82 Å². The number of carbonyl (C=O) groups excluding carboxylic acids is 2. The number of nitrogens with zero attached hydrogens (tertiary/aromatic N) is 3. The molecule has 3 heterocycles. The average Bonchev–Trinajstić information content (AvgIpc) is 3.50. The molecule has 0 spiro atoms. The number of rotatable bonds is 3. The Morgan fingerprint density at radius 1 is 0.917 bits per heavy atom. The number of nitrogens with one attached hydrogen (secondary N) is 1. The van der Waals surface area contributed by atoms with Crippen molar-refractivity contribution in [3.63, 3.8) is 0 Å². The first-order valence-corrected chi connectivity index (χ1v) is 12.4. The van der Waals surface area contributed by atoms with Gasteiger partial charge < -0.3 is 15.1 Å². The van der Waals surface area contributed by atoms with Crippen LogP contribution in [-0.4, -0.2) is 47.1 Å². The summed E-state index contributed by atoms with van der Waals surface area (Å²) in [5, 5.41) is 4.49. The second-order valence-electron chi connectivity index (χ2n) is 9.20. The predicted molar refractivity (Wildman–Crippen MR) is 139 cm³/mol. The summed E-state index contributed by atoms with van der Waals surface area (Å²) < 4.78 is 15.7. The van der Waals surface area contributed by atoms with Crippen LogP contribution in [0.3, 0.4) is 0 Å². The first-order chi connectivity index (χ1) is 17.5. The Morgan fingerprint density at radius 2 is 1.67 bits per heavy atom. The maximum absolute atomic E-state index is 14.4. The van der Waals surface area contributed by atoms with E-state index in [-0.39, 0.29) is 11.5 Å². The fourth-order valence-electron chi connectivity index (χ4n) is 5.31. The van der Waals surface area contributed by atoms with Crippen LogP contribution in [0.5, 0.6) is 0 Å². The molecule has 0 aliphatic carbocycles. The van der Waals surface area contributed by atoms with E-state index in [9.17, 15) is 14.0 Å². The molecule has 1 saturated heterocycles. The topological polar surface area (TPSA) is 57.6 Å². The Morgan fingerprint density at radius 3 is 2.47 bits per heavy atom. The van der Waals surface area contributed by atoms with E-state index >= 15 is 0 Å². The highest BCUT2D eigenvalue weighted by molar-refractivity contribution is 6.31. The van der Waals surface area contributed by atoms with Gasteiger partial charge in [0.25, 0.3) is 11.8 Å². The van der Waals surface area contributed by atoms with Gasteiger partial charge in [0.1, 0.15) is 5.82 Å². The van der Waals surface area contributed by atoms with Gasteiger partial charge in [-0.2, -0.15) is 0 Å². The van der Waals surface area contributed by atoms with E-state index in [0.29, 0.717) is 40.6 Å². The SMILES string of the molecule is O=C(c1cn(C(=O)c2ccccc2F)c2cc(Cl)ccc12)N1CCC(N2CNc3ccccc32)CC1. The van der Waals surface area contributed by atoms with E-state index in [1.165, 1.54) is 34.7 Å². The lowest BCUT2D eigenvalue weighted by molar-refractivity contribution is 0.0715. The molecule has 0 saturated carbocycles. The summed E-state index contributed by atoms with van der Waals surface area (Å²) in [5.74, 6) is -1.29. The Balaban J connectivity index is 1.26. The summed E-state index contributed by atoms with van der Waals surface area (Å²) in [4.78, 5) is 31.1. The van der Waals surface area contributed by atoms with Crippen LogP contribution in [0.1, 0.15) is 33.6 Å². The molecule has 2 aliphatic heterocycles. The van der Waals surface area contributed by atoms with E-state index in [1.54, 1.807) is 24.3 Å². The highest BCUT2D eigenvalue weighted by atomic mass is 35.5. The van der Waals surface area contributed by atoms with Crippen LogP contribution in [0.2, 0.25) is 5.02 Å². The smallest absolute Gasteiger partial charge is 0.265 e. The van der Waals surface area contributed by atoms with Gasteiger partial charge in [-0.1, -0.05) is 41.9 Å². The molecule has 1 amide bonds. The third kappa shape index (κ3) is 3.80. The molecule has 0 atom stereocenters. The number of halogens is 2. The molecule has 6 rings (SSSR count). The predicted octanol–water partition coefficient (Wildman–Crippen LogP) is 5.62. The van der Waals surface area contributed by atoms with Crippen molar-refractivity contribution in [2.45, 2.75) is 18.9 Å². The highest BCUT2D eigenvalue weighted by Crippen LogP contribution is 2.35. The Labute approximate surface area is 212 Å². The van der Waals surface area contributed by atoms with Crippen LogP contribution < -0.4 is 10.2 Å². The minimum atomic E-state index is -0.612. The monoisotopic (exact) mass is 502 g/mol. The van der Waals surface area contributed by atoms with Crippen LogP contribution >= 0.6 is 11.6 Å². The number of amides is 1. The molecular weight excluding hydrogens is 479 g/mol. The van der Waals surface area contributed by atoms with Crippen LogP contribution in [0.15, 0.2) is 72.9 Å². The summed E-state index contributed by atoms with van der Waals surface area (Å²) in [6, 6.07) is 19.5. The largest absolute Gasteiger partial charge is 0.366 e. The minimum absolute atomic E-state index is 0.0614. The molecule has 3 aromatic carbocycles. The zero-order valence-electron chi connectivity index (χ0n) is 19.5. The molecule has 4 aromatic rings. The van der Waals surface area contributed by atoms with Gasteiger partial charge in [-0.15, -0.1) is 0 Å². The van der Waals surface area contributed by atoms with Crippen LogP contribution in [-0.2, 0) is 0 Å². The number of hydrogen-bond acceptors (Lipinski definition) is 4. The summed E-state index contributed by atoms with van der Waals surface area (Å²) in [7, 11) is 0. The van der Waals surface area contributed by atoms with Gasteiger partial charge in [0, 0.05) is 35.7 Å². The van der Waals surface area contributed by atoms with Gasteiger partial charge in [0.05, 0.1) is 34.7 Å². The lowest BCUT2D eigenvalue weighted by atomic mass is 10.0. The van der Waals surface area contributed by atoms with Crippen molar-refractivity contribution in [3.8, 4) is 0 Å². The number of fused-ring (bicyclic) bond motifs is 2. The molecule has 8 heteroatoms. The van der Waals surface area contributed by atoms with Gasteiger partial charge in [-0.05, 0) is 49.2 Å². The second-order valence-corrected chi connectivity index (χ2v) is 9.64. The molecule has 182 valence electrons. The van der Waals surface area contributed by atoms with Gasteiger partial charge in [-0.25, -0.2) is 4.39 Å². The average molecular weight is 503 g/mol. The number of likely N-dealkylation sites (tertiary alicyclic amines) is 1. The van der Waals surface area contributed by atoms with E-state index < -0.39 is 11.7 Å². The molecule has 0 radical (unpaired) electrons. The molecular formula is C28H24ClFN4O2. The van der Waals surface area contributed by atoms with Crippen molar-refractivity contribution in [1.29, 1.82) is 0 Å². The fourth-order valence-corrected chi connectivity index (χ4v) is 5.48. The van der Waals surface area contributed by atoms with E-state index in [1.807, 2.05) is 17.0 Å². The Bertz CT molecular complexity index is 1490. The van der Waals surface area contributed by atoms with E-state index in [0.717, 1.165) is 25.2 Å². The standard InChI is InChI=1S/C28H24ClFN4O2/c29-18-9-10-20-22(16-33(26(20)15-18)28(36)21-5-1-2-6-23(21)30)27(35)32-13-11-19(12-14-32)34-17-31-24-7-3-4-8-25(24)34/h1-10,15-16,19,31H,11-14,17H2. The van der Waals surface area contributed by atoms with Crippen molar-refractivity contribution in [1.82, 2.24) is 9.47 Å². The van der Waals surface area contributed by atoms with E-state index in [2.05, 4.69) is 22.3 Å². The van der Waals surface area contributed by atoms with Crippen molar-refractivity contribution in [2.75, 3.05) is 30.0 Å². The Hall–Kier alpha value is -3.84. The van der Waals surface area contributed by atoms with Gasteiger partial charge >= 0.3 is 0 Å². The first-order valence-electron chi connectivity index (χ1n) is 12.0. The minimum Gasteiger partial charge on any atom is -0.366 e. The van der Waals surface area contributed by atoms with Gasteiger partial charge in [0.2, 0.25) is 0 Å². The number of benzene rings is 3. The summed E-state index contributed by atoms with van der Waals surface area (Å²) >= 11 is 6.22.